The first-order chi connectivity index (χ1) is 8.77. The smallest absolute Gasteiger partial charge is 0.327 e. The zero-order valence-electron chi connectivity index (χ0n) is 9.83. The number of ether oxygens (including phenoxy) is 1. The maximum Gasteiger partial charge on any atom is 0.327 e. The highest BCUT2D eigenvalue weighted by Crippen LogP contribution is 2.24. The van der Waals surface area contributed by atoms with Crippen LogP contribution in [0.4, 0.5) is 0 Å². The number of aromatic nitrogens is 2. The second kappa shape index (κ2) is 5.23. The normalized spacial score (nSPS) is 11.8. The Morgan fingerprint density at radius 2 is 2.28 bits per heavy atom. The summed E-state index contributed by atoms with van der Waals surface area (Å²) in [6.07, 6.45) is 1.44. The standard InChI is InChI=1S/C13H11N3O2/c1-2-18-13(17)10(7-14)11-8-15-16-12-6-4-3-5-9(11)12/h3-6,8,10H,2H2,1H3. The Morgan fingerprint density at radius 1 is 1.50 bits per heavy atom. The number of hydrogen-bond donors (Lipinski definition) is 0. The minimum absolute atomic E-state index is 0.244. The van der Waals surface area contributed by atoms with Crippen LogP contribution in [0.1, 0.15) is 18.4 Å². The fraction of sp³-hybridized carbons (Fsp3) is 0.231. The number of carbonyl (C=O) groups is 1. The van der Waals surface area contributed by atoms with Crippen LogP contribution < -0.4 is 0 Å². The van der Waals surface area contributed by atoms with Gasteiger partial charge >= 0.3 is 5.97 Å². The third kappa shape index (κ3) is 2.13. The topological polar surface area (TPSA) is 75.9 Å². The molecule has 0 bridgehead atoms. The van der Waals surface area contributed by atoms with E-state index >= 15 is 0 Å². The van der Waals surface area contributed by atoms with E-state index in [-0.39, 0.29) is 6.61 Å². The van der Waals surface area contributed by atoms with Crippen molar-refractivity contribution in [3.8, 4) is 6.07 Å². The molecule has 5 nitrogen and oxygen atoms in total. The Hall–Kier alpha value is -2.48. The van der Waals surface area contributed by atoms with Crippen molar-refractivity contribution in [3.05, 3.63) is 36.0 Å². The molecule has 0 saturated heterocycles. The van der Waals surface area contributed by atoms with Crippen LogP contribution >= 0.6 is 0 Å². The number of benzene rings is 1. The lowest BCUT2D eigenvalue weighted by Gasteiger charge is -2.10. The van der Waals surface area contributed by atoms with Gasteiger partial charge in [-0.05, 0) is 13.0 Å². The van der Waals surface area contributed by atoms with Crippen LogP contribution in [0.5, 0.6) is 0 Å². The summed E-state index contributed by atoms with van der Waals surface area (Å²) >= 11 is 0. The van der Waals surface area contributed by atoms with Gasteiger partial charge in [0.05, 0.1) is 24.4 Å². The van der Waals surface area contributed by atoms with E-state index in [1.54, 1.807) is 13.0 Å². The van der Waals surface area contributed by atoms with Gasteiger partial charge in [0.25, 0.3) is 0 Å². The molecule has 1 aromatic carbocycles. The predicted molar refractivity (Wildman–Crippen MR) is 64.5 cm³/mol. The van der Waals surface area contributed by atoms with Gasteiger partial charge in [0.2, 0.25) is 0 Å². The summed E-state index contributed by atoms with van der Waals surface area (Å²) in [4.78, 5) is 11.7. The van der Waals surface area contributed by atoms with Crippen molar-refractivity contribution < 1.29 is 9.53 Å². The molecule has 0 radical (unpaired) electrons. The number of esters is 1. The van der Waals surface area contributed by atoms with Crippen LogP contribution in [0.25, 0.3) is 10.9 Å². The van der Waals surface area contributed by atoms with Crippen LogP contribution in [0.3, 0.4) is 0 Å². The molecule has 1 atom stereocenters. The highest BCUT2D eigenvalue weighted by atomic mass is 16.5. The molecular formula is C13H11N3O2. The summed E-state index contributed by atoms with van der Waals surface area (Å²) in [7, 11) is 0. The van der Waals surface area contributed by atoms with Crippen molar-refractivity contribution in [2.24, 2.45) is 0 Å². The minimum Gasteiger partial charge on any atom is -0.465 e. The first-order valence-electron chi connectivity index (χ1n) is 5.54. The third-order valence-electron chi connectivity index (χ3n) is 2.54. The molecule has 0 amide bonds. The highest BCUT2D eigenvalue weighted by Gasteiger charge is 2.24. The van der Waals surface area contributed by atoms with Crippen LogP contribution in [0.15, 0.2) is 30.5 Å². The molecular weight excluding hydrogens is 230 g/mol. The highest BCUT2D eigenvalue weighted by molar-refractivity contribution is 5.90. The predicted octanol–water partition coefficient (Wildman–Crippen LogP) is 1.80. The van der Waals surface area contributed by atoms with Gasteiger partial charge in [0, 0.05) is 10.9 Å². The van der Waals surface area contributed by atoms with Gasteiger partial charge in [-0.25, -0.2) is 0 Å². The van der Waals surface area contributed by atoms with Crippen molar-refractivity contribution in [1.29, 1.82) is 5.26 Å². The van der Waals surface area contributed by atoms with Crippen molar-refractivity contribution in [2.45, 2.75) is 12.8 Å². The SMILES string of the molecule is CCOC(=O)C(C#N)c1cnnc2ccccc12. The number of nitriles is 1. The maximum absolute atomic E-state index is 11.7. The molecule has 0 N–H and O–H groups in total. The first-order valence-corrected chi connectivity index (χ1v) is 5.54. The van der Waals surface area contributed by atoms with E-state index in [0.29, 0.717) is 11.1 Å². The molecule has 2 rings (SSSR count). The van der Waals surface area contributed by atoms with Gasteiger partial charge in [-0.1, -0.05) is 18.2 Å². The Balaban J connectivity index is 2.52. The lowest BCUT2D eigenvalue weighted by atomic mass is 9.98. The zero-order valence-corrected chi connectivity index (χ0v) is 9.83. The van der Waals surface area contributed by atoms with E-state index in [9.17, 15) is 4.79 Å². The molecule has 0 saturated carbocycles. The molecule has 5 heteroatoms. The molecule has 0 fully saturated rings. The Labute approximate surface area is 104 Å². The minimum atomic E-state index is -0.967. The monoisotopic (exact) mass is 241 g/mol. The average molecular weight is 241 g/mol. The van der Waals surface area contributed by atoms with Gasteiger partial charge in [-0.2, -0.15) is 15.5 Å². The van der Waals surface area contributed by atoms with Crippen molar-refractivity contribution in [1.82, 2.24) is 10.2 Å². The number of rotatable bonds is 3. The Morgan fingerprint density at radius 3 is 3.00 bits per heavy atom. The largest absolute Gasteiger partial charge is 0.465 e. The van der Waals surface area contributed by atoms with E-state index in [4.69, 9.17) is 10.00 Å². The third-order valence-corrected chi connectivity index (χ3v) is 2.54. The van der Waals surface area contributed by atoms with Gasteiger partial charge < -0.3 is 4.74 Å². The van der Waals surface area contributed by atoms with E-state index in [1.165, 1.54) is 6.20 Å². The Bertz CT molecular complexity index is 614. The van der Waals surface area contributed by atoms with Crippen LogP contribution in [-0.4, -0.2) is 22.8 Å². The molecule has 0 spiro atoms. The number of fused-ring (bicyclic) bond motifs is 1. The van der Waals surface area contributed by atoms with E-state index in [0.717, 1.165) is 5.39 Å². The molecule has 90 valence electrons. The molecule has 1 unspecified atom stereocenters. The van der Waals surface area contributed by atoms with Gasteiger partial charge in [-0.3, -0.25) is 4.79 Å². The fourth-order valence-electron chi connectivity index (χ4n) is 1.73. The molecule has 1 aromatic heterocycles. The molecule has 2 aromatic rings. The van der Waals surface area contributed by atoms with Crippen molar-refractivity contribution in [2.75, 3.05) is 6.61 Å². The summed E-state index contributed by atoms with van der Waals surface area (Å²) in [5.74, 6) is -1.52. The quantitative estimate of drug-likeness (QED) is 0.766. The summed E-state index contributed by atoms with van der Waals surface area (Å²) in [5, 5.41) is 17.6. The summed E-state index contributed by atoms with van der Waals surface area (Å²) in [6, 6.07) is 9.20. The van der Waals surface area contributed by atoms with Crippen molar-refractivity contribution >= 4 is 16.9 Å². The van der Waals surface area contributed by atoms with Crippen LogP contribution in [0, 0.1) is 11.3 Å². The van der Waals surface area contributed by atoms with Crippen LogP contribution in [-0.2, 0) is 9.53 Å². The summed E-state index contributed by atoms with van der Waals surface area (Å²) < 4.78 is 4.89. The zero-order chi connectivity index (χ0) is 13.0. The molecule has 18 heavy (non-hydrogen) atoms. The average Bonchev–Trinajstić information content (AvgIpc) is 2.40. The molecule has 1 heterocycles. The van der Waals surface area contributed by atoms with Crippen LogP contribution in [0.2, 0.25) is 0 Å². The Kier molecular flexibility index (Phi) is 3.49. The molecule has 0 aliphatic carbocycles. The second-order valence-electron chi connectivity index (χ2n) is 3.63. The number of carbonyl (C=O) groups excluding carboxylic acids is 1. The van der Waals surface area contributed by atoms with Gasteiger partial charge in [0.15, 0.2) is 5.92 Å². The lowest BCUT2D eigenvalue weighted by molar-refractivity contribution is -0.143. The first kappa shape index (κ1) is 12.0. The summed E-state index contributed by atoms with van der Waals surface area (Å²) in [6.45, 7) is 1.95. The molecule has 0 aliphatic rings. The van der Waals surface area contributed by atoms with E-state index < -0.39 is 11.9 Å². The van der Waals surface area contributed by atoms with E-state index in [1.807, 2.05) is 24.3 Å². The van der Waals surface area contributed by atoms with E-state index in [2.05, 4.69) is 10.2 Å². The second-order valence-corrected chi connectivity index (χ2v) is 3.63. The van der Waals surface area contributed by atoms with Gasteiger partial charge in [0.1, 0.15) is 0 Å². The summed E-state index contributed by atoms with van der Waals surface area (Å²) in [5.41, 5.74) is 1.18. The maximum atomic E-state index is 11.7. The lowest BCUT2D eigenvalue weighted by Crippen LogP contribution is -2.15. The number of hydrogen-bond acceptors (Lipinski definition) is 5. The van der Waals surface area contributed by atoms with Crippen molar-refractivity contribution in [3.63, 3.8) is 0 Å². The molecule has 0 aliphatic heterocycles. The fourth-order valence-corrected chi connectivity index (χ4v) is 1.73. The number of nitrogens with zero attached hydrogens (tertiary/aromatic N) is 3. The van der Waals surface area contributed by atoms with Gasteiger partial charge in [-0.15, -0.1) is 0 Å².